The van der Waals surface area contributed by atoms with Crippen molar-refractivity contribution in [2.24, 2.45) is 5.92 Å². The fourth-order valence-electron chi connectivity index (χ4n) is 2.94. The first kappa shape index (κ1) is 17.2. The van der Waals surface area contributed by atoms with Crippen molar-refractivity contribution in [1.29, 1.82) is 0 Å². The molecule has 1 fully saturated rings. The van der Waals surface area contributed by atoms with E-state index in [1.807, 2.05) is 22.6 Å². The Labute approximate surface area is 162 Å². The summed E-state index contributed by atoms with van der Waals surface area (Å²) in [5, 5.41) is 12.7. The summed E-state index contributed by atoms with van der Waals surface area (Å²) in [5.74, 6) is -0.505. The van der Waals surface area contributed by atoms with Crippen LogP contribution in [0, 0.1) is 15.3 Å². The van der Waals surface area contributed by atoms with Crippen LogP contribution in [-0.4, -0.2) is 40.6 Å². The Morgan fingerprint density at radius 3 is 2.96 bits per heavy atom. The quantitative estimate of drug-likeness (QED) is 0.576. The number of benzene rings is 1. The molecule has 3 heterocycles. The Morgan fingerprint density at radius 2 is 2.23 bits per heavy atom. The average Bonchev–Trinajstić information content (AvgIpc) is 2.95. The number of aromatic nitrogens is 1. The number of pyridine rings is 1. The Kier molecular flexibility index (Phi) is 4.53. The molecule has 134 valence electrons. The SMILES string of the molecule is O=C(c1oc2ccncc2c1Nc1ccc(I)cc1F)N1CC(CO)C1. The van der Waals surface area contributed by atoms with Gasteiger partial charge < -0.3 is 19.7 Å². The molecule has 1 aromatic carbocycles. The fraction of sp³-hybridized carbons (Fsp3) is 0.222. The molecule has 2 aromatic heterocycles. The molecule has 6 nitrogen and oxygen atoms in total. The van der Waals surface area contributed by atoms with E-state index >= 15 is 0 Å². The van der Waals surface area contributed by atoms with Gasteiger partial charge in [0.15, 0.2) is 0 Å². The predicted molar refractivity (Wildman–Crippen MR) is 103 cm³/mol. The van der Waals surface area contributed by atoms with E-state index in [0.717, 1.165) is 3.57 Å². The molecule has 0 unspecified atom stereocenters. The molecule has 0 saturated carbocycles. The maximum Gasteiger partial charge on any atom is 0.291 e. The summed E-state index contributed by atoms with van der Waals surface area (Å²) in [6, 6.07) is 6.46. The number of anilines is 2. The van der Waals surface area contributed by atoms with E-state index < -0.39 is 5.82 Å². The Morgan fingerprint density at radius 1 is 1.42 bits per heavy atom. The van der Waals surface area contributed by atoms with E-state index in [1.165, 1.54) is 6.07 Å². The second-order valence-corrected chi connectivity index (χ2v) is 7.43. The smallest absolute Gasteiger partial charge is 0.291 e. The highest BCUT2D eigenvalue weighted by Crippen LogP contribution is 2.35. The van der Waals surface area contributed by atoms with Crippen molar-refractivity contribution in [2.75, 3.05) is 25.0 Å². The Bertz CT molecular complexity index is 985. The van der Waals surface area contributed by atoms with Crippen LogP contribution in [0.3, 0.4) is 0 Å². The van der Waals surface area contributed by atoms with E-state index in [1.54, 1.807) is 35.5 Å². The molecule has 1 saturated heterocycles. The number of fused-ring (bicyclic) bond motifs is 1. The molecule has 0 spiro atoms. The van der Waals surface area contributed by atoms with E-state index in [9.17, 15) is 9.18 Å². The molecular formula is C18H15FIN3O3. The van der Waals surface area contributed by atoms with Crippen LogP contribution in [0.2, 0.25) is 0 Å². The number of nitrogens with one attached hydrogen (secondary N) is 1. The monoisotopic (exact) mass is 467 g/mol. The van der Waals surface area contributed by atoms with Gasteiger partial charge in [-0.1, -0.05) is 0 Å². The van der Waals surface area contributed by atoms with Crippen LogP contribution >= 0.6 is 22.6 Å². The van der Waals surface area contributed by atoms with Gasteiger partial charge >= 0.3 is 0 Å². The fourth-order valence-corrected chi connectivity index (χ4v) is 3.39. The van der Waals surface area contributed by atoms with E-state index in [-0.39, 0.29) is 29.9 Å². The van der Waals surface area contributed by atoms with Crippen molar-refractivity contribution in [3.8, 4) is 0 Å². The minimum absolute atomic E-state index is 0.0484. The normalized spacial score (nSPS) is 14.5. The number of aliphatic hydroxyl groups excluding tert-OH is 1. The molecule has 0 radical (unpaired) electrons. The van der Waals surface area contributed by atoms with Crippen LogP contribution in [0.15, 0.2) is 41.1 Å². The molecule has 26 heavy (non-hydrogen) atoms. The van der Waals surface area contributed by atoms with Gasteiger partial charge in [0.2, 0.25) is 5.76 Å². The number of nitrogens with zero attached hydrogens (tertiary/aromatic N) is 2. The first-order chi connectivity index (χ1) is 12.6. The first-order valence-electron chi connectivity index (χ1n) is 8.05. The molecule has 0 aliphatic carbocycles. The van der Waals surface area contributed by atoms with Crippen LogP contribution in [0.1, 0.15) is 10.6 Å². The van der Waals surface area contributed by atoms with Gasteiger partial charge in [-0.3, -0.25) is 9.78 Å². The molecule has 1 aliphatic heterocycles. The van der Waals surface area contributed by atoms with E-state index in [0.29, 0.717) is 29.7 Å². The van der Waals surface area contributed by atoms with E-state index in [4.69, 9.17) is 9.52 Å². The topological polar surface area (TPSA) is 78.6 Å². The Balaban J connectivity index is 1.73. The van der Waals surface area contributed by atoms with Crippen molar-refractivity contribution in [3.05, 3.63) is 51.8 Å². The second-order valence-electron chi connectivity index (χ2n) is 6.19. The summed E-state index contributed by atoms with van der Waals surface area (Å²) in [4.78, 5) is 18.5. The van der Waals surface area contributed by atoms with Crippen molar-refractivity contribution in [1.82, 2.24) is 9.88 Å². The molecule has 3 aromatic rings. The van der Waals surface area contributed by atoms with Crippen molar-refractivity contribution < 1.29 is 18.7 Å². The highest BCUT2D eigenvalue weighted by molar-refractivity contribution is 14.1. The van der Waals surface area contributed by atoms with Crippen LogP contribution in [0.5, 0.6) is 0 Å². The summed E-state index contributed by atoms with van der Waals surface area (Å²) in [5.41, 5.74) is 1.14. The molecule has 8 heteroatoms. The van der Waals surface area contributed by atoms with Gasteiger partial charge in [-0.05, 0) is 46.9 Å². The zero-order valence-corrected chi connectivity index (χ0v) is 15.7. The van der Waals surface area contributed by atoms with Gasteiger partial charge in [0.25, 0.3) is 5.91 Å². The minimum atomic E-state index is -0.419. The van der Waals surface area contributed by atoms with Gasteiger partial charge in [0.05, 0.1) is 11.1 Å². The van der Waals surface area contributed by atoms with Crippen LogP contribution in [-0.2, 0) is 0 Å². The second kappa shape index (κ2) is 6.84. The largest absolute Gasteiger partial charge is 0.448 e. The third-order valence-electron chi connectivity index (χ3n) is 4.38. The number of halogens is 2. The highest BCUT2D eigenvalue weighted by Gasteiger charge is 2.34. The molecular weight excluding hydrogens is 452 g/mol. The number of hydrogen-bond donors (Lipinski definition) is 2. The van der Waals surface area contributed by atoms with E-state index in [2.05, 4.69) is 10.3 Å². The standard InChI is InChI=1S/C18H15FIN3O3/c19-13-5-11(20)1-2-14(13)22-16-12-6-21-4-3-15(12)26-17(16)18(25)23-7-10(8-23)9-24/h1-6,10,22,24H,7-9H2. The van der Waals surface area contributed by atoms with Gasteiger partial charge in [-0.25, -0.2) is 4.39 Å². The average molecular weight is 467 g/mol. The van der Waals surface area contributed by atoms with Gasteiger partial charge in [0.1, 0.15) is 17.1 Å². The number of rotatable bonds is 4. The van der Waals surface area contributed by atoms with Gasteiger partial charge in [0, 0.05) is 41.6 Å². The summed E-state index contributed by atoms with van der Waals surface area (Å²) in [6.45, 7) is 0.997. The van der Waals surface area contributed by atoms with Gasteiger partial charge in [-0.15, -0.1) is 0 Å². The molecule has 1 amide bonds. The lowest BCUT2D eigenvalue weighted by Gasteiger charge is -2.37. The number of likely N-dealkylation sites (tertiary alicyclic amines) is 1. The van der Waals surface area contributed by atoms with Gasteiger partial charge in [-0.2, -0.15) is 0 Å². The number of amides is 1. The summed E-state index contributed by atoms with van der Waals surface area (Å²) < 4.78 is 20.8. The number of carbonyl (C=O) groups is 1. The number of furan rings is 1. The number of aliphatic hydroxyl groups is 1. The summed E-state index contributed by atoms with van der Waals surface area (Å²) >= 11 is 2.03. The maximum absolute atomic E-state index is 14.3. The van der Waals surface area contributed by atoms with Crippen molar-refractivity contribution >= 4 is 50.8 Å². The highest BCUT2D eigenvalue weighted by atomic mass is 127. The molecule has 1 aliphatic rings. The molecule has 0 atom stereocenters. The zero-order valence-electron chi connectivity index (χ0n) is 13.6. The first-order valence-corrected chi connectivity index (χ1v) is 9.13. The number of carbonyl (C=O) groups excluding carboxylic acids is 1. The van der Waals surface area contributed by atoms with Crippen LogP contribution in [0.4, 0.5) is 15.8 Å². The van der Waals surface area contributed by atoms with Crippen LogP contribution in [0.25, 0.3) is 11.0 Å². The number of hydrogen-bond acceptors (Lipinski definition) is 5. The predicted octanol–water partition coefficient (Wildman–Crippen LogP) is 3.38. The molecule has 2 N–H and O–H groups in total. The van der Waals surface area contributed by atoms with Crippen LogP contribution < -0.4 is 5.32 Å². The molecule has 4 rings (SSSR count). The zero-order chi connectivity index (χ0) is 18.3. The lowest BCUT2D eigenvalue weighted by molar-refractivity contribution is 0.0337. The lowest BCUT2D eigenvalue weighted by atomic mass is 10.0. The maximum atomic E-state index is 14.3. The van der Waals surface area contributed by atoms with Crippen molar-refractivity contribution in [2.45, 2.75) is 0 Å². The minimum Gasteiger partial charge on any atom is -0.448 e. The molecule has 0 bridgehead atoms. The van der Waals surface area contributed by atoms with Crippen molar-refractivity contribution in [3.63, 3.8) is 0 Å². The summed E-state index contributed by atoms with van der Waals surface area (Å²) in [7, 11) is 0. The Hall–Kier alpha value is -2.20. The third kappa shape index (κ3) is 3.03. The summed E-state index contributed by atoms with van der Waals surface area (Å²) in [6.07, 6.45) is 3.15. The third-order valence-corrected chi connectivity index (χ3v) is 5.05. The lowest BCUT2D eigenvalue weighted by Crippen LogP contribution is -2.51.